The third kappa shape index (κ3) is 3.36. The van der Waals surface area contributed by atoms with Crippen molar-refractivity contribution in [3.63, 3.8) is 0 Å². The van der Waals surface area contributed by atoms with E-state index in [1.165, 1.54) is 0 Å². The van der Waals surface area contributed by atoms with Crippen molar-refractivity contribution in [3.8, 4) is 17.2 Å². The molecule has 0 amide bonds. The van der Waals surface area contributed by atoms with E-state index in [1.54, 1.807) is 56.3 Å². The fourth-order valence-corrected chi connectivity index (χ4v) is 4.28. The maximum Gasteiger partial charge on any atom is 0.315 e. The zero-order valence-electron chi connectivity index (χ0n) is 18.5. The van der Waals surface area contributed by atoms with Crippen molar-refractivity contribution in [2.24, 2.45) is 5.41 Å². The Morgan fingerprint density at radius 1 is 1.19 bits per heavy atom. The number of hydrogen-bond donors (Lipinski definition) is 1. The van der Waals surface area contributed by atoms with E-state index in [2.05, 4.69) is 0 Å². The van der Waals surface area contributed by atoms with E-state index >= 15 is 0 Å². The minimum Gasteiger partial charge on any atom is -0.496 e. The van der Waals surface area contributed by atoms with Crippen LogP contribution in [0.5, 0.6) is 17.2 Å². The molecule has 2 unspecified atom stereocenters. The molecular formula is C24H26N2O6. The summed E-state index contributed by atoms with van der Waals surface area (Å²) < 4.78 is 17.7. The molecule has 1 fully saturated rings. The Bertz CT molecular complexity index is 1200. The summed E-state index contributed by atoms with van der Waals surface area (Å²) in [6, 6.07) is 3.16. The number of fused-ring (bicyclic) bond motifs is 3. The van der Waals surface area contributed by atoms with Crippen molar-refractivity contribution in [1.29, 1.82) is 0 Å². The third-order valence-corrected chi connectivity index (χ3v) is 6.13. The lowest BCUT2D eigenvalue weighted by Gasteiger charge is -2.19. The van der Waals surface area contributed by atoms with Crippen LogP contribution in [0.25, 0.3) is 18.2 Å². The van der Waals surface area contributed by atoms with Gasteiger partial charge in [-0.25, -0.2) is 4.98 Å². The van der Waals surface area contributed by atoms with Crippen LogP contribution in [0.2, 0.25) is 0 Å². The Labute approximate surface area is 185 Å². The lowest BCUT2D eigenvalue weighted by Crippen LogP contribution is -2.32. The minimum absolute atomic E-state index is 0.173. The summed E-state index contributed by atoms with van der Waals surface area (Å²) in [5, 5.41) is 9.59. The fraction of sp³-hybridized carbons (Fsp3) is 0.375. The lowest BCUT2D eigenvalue weighted by molar-refractivity contribution is -0.141. The van der Waals surface area contributed by atoms with Crippen molar-refractivity contribution < 1.29 is 24.1 Å². The molecule has 8 nitrogen and oxygen atoms in total. The Balaban J connectivity index is 1.79. The van der Waals surface area contributed by atoms with Gasteiger partial charge in [0.15, 0.2) is 11.5 Å². The highest BCUT2D eigenvalue weighted by molar-refractivity contribution is 5.84. The molecule has 1 aromatic heterocycles. The molecule has 2 aromatic rings. The van der Waals surface area contributed by atoms with Gasteiger partial charge in [-0.05, 0) is 37.1 Å². The van der Waals surface area contributed by atoms with E-state index in [9.17, 15) is 14.7 Å². The summed E-state index contributed by atoms with van der Waals surface area (Å²) in [6.07, 6.45) is 8.64. The number of nitrogens with zero attached hydrogens (tertiary/aromatic N) is 2. The van der Waals surface area contributed by atoms with Crippen molar-refractivity contribution in [1.82, 2.24) is 9.55 Å². The molecule has 168 valence electrons. The smallest absolute Gasteiger partial charge is 0.315 e. The number of ether oxygens (including phenoxy) is 3. The number of benzene rings is 1. The van der Waals surface area contributed by atoms with Crippen LogP contribution < -0.4 is 19.8 Å². The monoisotopic (exact) mass is 438 g/mol. The van der Waals surface area contributed by atoms with Gasteiger partial charge < -0.3 is 19.3 Å². The first-order valence-corrected chi connectivity index (χ1v) is 10.5. The first-order valence-electron chi connectivity index (χ1n) is 10.5. The predicted molar refractivity (Wildman–Crippen MR) is 120 cm³/mol. The summed E-state index contributed by atoms with van der Waals surface area (Å²) in [4.78, 5) is 29.8. The predicted octanol–water partition coefficient (Wildman–Crippen LogP) is 3.43. The molecular weight excluding hydrogens is 412 g/mol. The van der Waals surface area contributed by atoms with Crippen LogP contribution in [0.1, 0.15) is 48.5 Å². The average Bonchev–Trinajstić information content (AvgIpc) is 3.55. The van der Waals surface area contributed by atoms with Gasteiger partial charge in [0.05, 0.1) is 33.1 Å². The van der Waals surface area contributed by atoms with E-state index in [-0.39, 0.29) is 11.6 Å². The summed E-state index contributed by atoms with van der Waals surface area (Å²) in [5.74, 6) is 1.28. The normalized spacial score (nSPS) is 20.6. The second-order valence-corrected chi connectivity index (χ2v) is 7.94. The molecule has 0 spiro atoms. The minimum atomic E-state index is -0.980. The molecule has 0 radical (unpaired) electrons. The molecule has 0 saturated heterocycles. The van der Waals surface area contributed by atoms with Gasteiger partial charge in [0, 0.05) is 17.2 Å². The van der Waals surface area contributed by atoms with Gasteiger partial charge in [0.25, 0.3) is 5.56 Å². The van der Waals surface area contributed by atoms with Crippen LogP contribution in [0, 0.1) is 5.41 Å². The van der Waals surface area contributed by atoms with Crippen LogP contribution in [-0.4, -0.2) is 42.0 Å². The highest BCUT2D eigenvalue weighted by Crippen LogP contribution is 2.59. The fourth-order valence-electron chi connectivity index (χ4n) is 4.28. The molecule has 2 heterocycles. The standard InChI is InChI=1S/C24H26N2O6/c1-5-6-15-16(8-7-14-11-18(31-3)19(32-4)12-17(14)30-2)25-21-9-10-24(23(28)29)13-20(24)26(21)22(15)27/h7-12,20H,5-6,13H2,1-4H3,(H,28,29)/b8-7+. The Kier molecular flexibility index (Phi) is 5.54. The Morgan fingerprint density at radius 3 is 2.50 bits per heavy atom. The number of hydrogen-bond acceptors (Lipinski definition) is 6. The molecule has 1 aromatic carbocycles. The molecule has 1 N–H and O–H groups in total. The average molecular weight is 438 g/mol. The van der Waals surface area contributed by atoms with Crippen LogP contribution in [-0.2, 0) is 11.2 Å². The lowest BCUT2D eigenvalue weighted by atomic mass is 10.0. The van der Waals surface area contributed by atoms with Gasteiger partial charge in [-0.15, -0.1) is 0 Å². The molecule has 1 aliphatic carbocycles. The molecule has 2 aliphatic rings. The maximum absolute atomic E-state index is 13.3. The third-order valence-electron chi connectivity index (χ3n) is 6.13. The van der Waals surface area contributed by atoms with E-state index in [0.717, 1.165) is 12.0 Å². The molecule has 2 atom stereocenters. The van der Waals surface area contributed by atoms with E-state index in [1.807, 2.05) is 13.0 Å². The van der Waals surface area contributed by atoms with Crippen LogP contribution in [0.15, 0.2) is 23.0 Å². The Morgan fingerprint density at radius 2 is 1.88 bits per heavy atom. The van der Waals surface area contributed by atoms with Crippen molar-refractivity contribution >= 4 is 24.2 Å². The number of carboxylic acid groups (broad SMARTS) is 1. The van der Waals surface area contributed by atoms with Gasteiger partial charge >= 0.3 is 5.97 Å². The Hall–Kier alpha value is -3.55. The molecule has 0 bridgehead atoms. The van der Waals surface area contributed by atoms with E-state index in [4.69, 9.17) is 19.2 Å². The number of aromatic nitrogens is 2. The van der Waals surface area contributed by atoms with E-state index in [0.29, 0.717) is 47.2 Å². The van der Waals surface area contributed by atoms with Crippen molar-refractivity contribution in [2.45, 2.75) is 32.2 Å². The van der Waals surface area contributed by atoms with Gasteiger partial charge in [-0.1, -0.05) is 19.4 Å². The number of methoxy groups -OCH3 is 3. The maximum atomic E-state index is 13.3. The number of carbonyl (C=O) groups is 1. The number of carboxylic acids is 1. The summed E-state index contributed by atoms with van der Waals surface area (Å²) in [7, 11) is 4.69. The largest absolute Gasteiger partial charge is 0.496 e. The second kappa shape index (κ2) is 8.18. The zero-order valence-corrected chi connectivity index (χ0v) is 18.5. The molecule has 32 heavy (non-hydrogen) atoms. The SMILES string of the molecule is CCCc1c(/C=C/c2cc(OC)c(OC)cc2OC)nc2n(c1=O)C1CC1(C(=O)O)C=C2. The first-order chi connectivity index (χ1) is 15.4. The molecule has 1 saturated carbocycles. The molecule has 1 aliphatic heterocycles. The quantitative estimate of drug-likeness (QED) is 0.674. The van der Waals surface area contributed by atoms with Gasteiger partial charge in [-0.2, -0.15) is 0 Å². The van der Waals surface area contributed by atoms with Crippen LogP contribution >= 0.6 is 0 Å². The number of rotatable bonds is 8. The molecule has 8 heteroatoms. The van der Waals surface area contributed by atoms with E-state index < -0.39 is 11.4 Å². The van der Waals surface area contributed by atoms with Crippen LogP contribution in [0.4, 0.5) is 0 Å². The second-order valence-electron chi connectivity index (χ2n) is 7.94. The van der Waals surface area contributed by atoms with Crippen molar-refractivity contribution in [2.75, 3.05) is 21.3 Å². The highest BCUT2D eigenvalue weighted by atomic mass is 16.5. The summed E-state index contributed by atoms with van der Waals surface area (Å²) in [5.41, 5.74) is 0.733. The van der Waals surface area contributed by atoms with Crippen molar-refractivity contribution in [3.05, 3.63) is 51.2 Å². The van der Waals surface area contributed by atoms with Gasteiger partial charge in [0.2, 0.25) is 0 Å². The first kappa shape index (κ1) is 21.7. The van der Waals surface area contributed by atoms with Crippen LogP contribution in [0.3, 0.4) is 0 Å². The van der Waals surface area contributed by atoms with Gasteiger partial charge in [0.1, 0.15) is 17.0 Å². The number of aliphatic carboxylic acids is 1. The summed E-state index contributed by atoms with van der Waals surface area (Å²) >= 11 is 0. The topological polar surface area (TPSA) is 99.9 Å². The molecule has 4 rings (SSSR count). The zero-order chi connectivity index (χ0) is 23.0. The van der Waals surface area contributed by atoms with Gasteiger partial charge in [-0.3, -0.25) is 14.2 Å². The summed E-state index contributed by atoms with van der Waals surface area (Å²) in [6.45, 7) is 1.99. The highest BCUT2D eigenvalue weighted by Gasteiger charge is 2.62.